The molecule has 1 rings (SSSR count). The first-order valence-electron chi connectivity index (χ1n) is 5.27. The predicted molar refractivity (Wildman–Crippen MR) is 66.1 cm³/mol. The highest BCUT2D eigenvalue weighted by molar-refractivity contribution is 14.1. The van der Waals surface area contributed by atoms with E-state index in [1.54, 1.807) is 0 Å². The summed E-state index contributed by atoms with van der Waals surface area (Å²) in [5, 5.41) is 0. The van der Waals surface area contributed by atoms with Crippen LogP contribution in [0.3, 0.4) is 0 Å². The molecule has 78 valence electrons. The second-order valence-corrected chi connectivity index (χ2v) is 5.48. The molecule has 0 radical (unpaired) electrons. The lowest BCUT2D eigenvalue weighted by Gasteiger charge is -2.25. The molecule has 1 atom stereocenters. The van der Waals surface area contributed by atoms with E-state index in [0.717, 1.165) is 6.04 Å². The van der Waals surface area contributed by atoms with Gasteiger partial charge in [-0.1, -0.05) is 0 Å². The highest BCUT2D eigenvalue weighted by Gasteiger charge is 2.20. The van der Waals surface area contributed by atoms with E-state index in [1.165, 1.54) is 32.5 Å². The summed E-state index contributed by atoms with van der Waals surface area (Å²) in [5.74, 6) is 0. The predicted octanol–water partition coefficient (Wildman–Crippen LogP) is 2.53. The molecule has 0 aromatic rings. The van der Waals surface area contributed by atoms with E-state index in [9.17, 15) is 0 Å². The molecule has 0 amide bonds. The first-order chi connectivity index (χ1) is 6.11. The van der Waals surface area contributed by atoms with Crippen molar-refractivity contribution in [3.63, 3.8) is 0 Å². The Hall–Kier alpha value is 0.650. The van der Waals surface area contributed by atoms with Crippen LogP contribution in [-0.4, -0.2) is 39.7 Å². The Bertz CT molecular complexity index is 150. The van der Waals surface area contributed by atoms with Crippen molar-refractivity contribution in [3.05, 3.63) is 0 Å². The standard InChI is InChI=1S/C10H21IN2/c1-9(2)13(11)8-7-12-6-4-5-10(12)3/h9-10H,4-8H2,1-3H3. The maximum absolute atomic E-state index is 2.61. The quantitative estimate of drug-likeness (QED) is 0.581. The van der Waals surface area contributed by atoms with Gasteiger partial charge in [0, 0.05) is 48.0 Å². The first kappa shape index (κ1) is 11.7. The smallest absolute Gasteiger partial charge is 0.0212 e. The van der Waals surface area contributed by atoms with Gasteiger partial charge in [-0.15, -0.1) is 0 Å². The van der Waals surface area contributed by atoms with Crippen LogP contribution in [-0.2, 0) is 0 Å². The van der Waals surface area contributed by atoms with Gasteiger partial charge in [0.1, 0.15) is 0 Å². The SMILES string of the molecule is CC(C)N(I)CCN1CCCC1C. The average molecular weight is 296 g/mol. The molecule has 1 unspecified atom stereocenters. The molecule has 13 heavy (non-hydrogen) atoms. The number of hydrogen-bond acceptors (Lipinski definition) is 2. The van der Waals surface area contributed by atoms with Crippen LogP contribution in [0.25, 0.3) is 0 Å². The average Bonchev–Trinajstić information content (AvgIpc) is 2.47. The molecule has 0 aliphatic carbocycles. The second kappa shape index (κ2) is 5.51. The Kier molecular flexibility index (Phi) is 4.97. The minimum atomic E-state index is 0.665. The zero-order chi connectivity index (χ0) is 9.84. The van der Waals surface area contributed by atoms with E-state index < -0.39 is 0 Å². The Morgan fingerprint density at radius 3 is 2.69 bits per heavy atom. The van der Waals surface area contributed by atoms with Gasteiger partial charge >= 0.3 is 0 Å². The third kappa shape index (κ3) is 3.72. The highest BCUT2D eigenvalue weighted by atomic mass is 127. The molecule has 2 nitrogen and oxygen atoms in total. The minimum absolute atomic E-state index is 0.665. The van der Waals surface area contributed by atoms with Gasteiger partial charge in [0.15, 0.2) is 0 Å². The third-order valence-corrected chi connectivity index (χ3v) is 4.45. The third-order valence-electron chi connectivity index (χ3n) is 2.85. The zero-order valence-electron chi connectivity index (χ0n) is 8.96. The first-order valence-corrected chi connectivity index (χ1v) is 6.24. The minimum Gasteiger partial charge on any atom is -0.299 e. The Balaban J connectivity index is 2.18. The van der Waals surface area contributed by atoms with Crippen LogP contribution in [0.5, 0.6) is 0 Å². The van der Waals surface area contributed by atoms with Crippen LogP contribution in [0.1, 0.15) is 33.6 Å². The van der Waals surface area contributed by atoms with Crippen molar-refractivity contribution in [2.45, 2.75) is 45.7 Å². The molecule has 1 saturated heterocycles. The van der Waals surface area contributed by atoms with Crippen LogP contribution in [0, 0.1) is 0 Å². The Labute approximate surface area is 96.2 Å². The summed E-state index contributed by atoms with van der Waals surface area (Å²) in [6.45, 7) is 10.6. The summed E-state index contributed by atoms with van der Waals surface area (Å²) < 4.78 is 2.39. The second-order valence-electron chi connectivity index (χ2n) is 4.24. The van der Waals surface area contributed by atoms with Gasteiger partial charge in [-0.05, 0) is 40.2 Å². The van der Waals surface area contributed by atoms with Crippen molar-refractivity contribution in [2.24, 2.45) is 0 Å². The lowest BCUT2D eigenvalue weighted by atomic mass is 10.2. The van der Waals surface area contributed by atoms with Gasteiger partial charge in [-0.25, -0.2) is 3.11 Å². The normalized spacial score (nSPS) is 24.9. The molecule has 0 bridgehead atoms. The van der Waals surface area contributed by atoms with Gasteiger partial charge in [0.05, 0.1) is 0 Å². The number of likely N-dealkylation sites (tertiary alicyclic amines) is 1. The summed E-state index contributed by atoms with van der Waals surface area (Å²) in [7, 11) is 0. The van der Waals surface area contributed by atoms with Gasteiger partial charge in [0.25, 0.3) is 0 Å². The molecule has 1 aliphatic rings. The number of rotatable bonds is 4. The molecule has 1 fully saturated rings. The molecular weight excluding hydrogens is 275 g/mol. The largest absolute Gasteiger partial charge is 0.299 e. The van der Waals surface area contributed by atoms with Crippen LogP contribution in [0.4, 0.5) is 0 Å². The lowest BCUT2D eigenvalue weighted by Crippen LogP contribution is -2.35. The zero-order valence-corrected chi connectivity index (χ0v) is 11.1. The van der Waals surface area contributed by atoms with Crippen molar-refractivity contribution in [2.75, 3.05) is 19.6 Å². The summed E-state index contributed by atoms with van der Waals surface area (Å²) in [5.41, 5.74) is 0. The van der Waals surface area contributed by atoms with E-state index >= 15 is 0 Å². The fourth-order valence-corrected chi connectivity index (χ4v) is 2.02. The van der Waals surface area contributed by atoms with Gasteiger partial charge in [-0.2, -0.15) is 0 Å². The fraction of sp³-hybridized carbons (Fsp3) is 1.00. The topological polar surface area (TPSA) is 6.48 Å². The number of nitrogens with zero attached hydrogens (tertiary/aromatic N) is 2. The monoisotopic (exact) mass is 296 g/mol. The molecule has 0 saturated carbocycles. The van der Waals surface area contributed by atoms with Crippen LogP contribution in [0.2, 0.25) is 0 Å². The van der Waals surface area contributed by atoms with Gasteiger partial charge < -0.3 is 0 Å². The molecule has 0 aromatic carbocycles. The van der Waals surface area contributed by atoms with Gasteiger partial charge in [0.2, 0.25) is 0 Å². The number of hydrogen-bond donors (Lipinski definition) is 0. The number of halogens is 1. The molecule has 1 heterocycles. The van der Waals surface area contributed by atoms with Crippen molar-refractivity contribution in [1.82, 2.24) is 8.01 Å². The van der Waals surface area contributed by atoms with Crippen molar-refractivity contribution in [1.29, 1.82) is 0 Å². The molecular formula is C10H21IN2. The summed E-state index contributed by atoms with van der Waals surface area (Å²) >= 11 is 2.43. The van der Waals surface area contributed by atoms with E-state index in [2.05, 4.69) is 51.6 Å². The summed E-state index contributed by atoms with van der Waals surface area (Å²) in [6.07, 6.45) is 2.78. The molecule has 3 heteroatoms. The van der Waals surface area contributed by atoms with Crippen molar-refractivity contribution >= 4 is 22.9 Å². The van der Waals surface area contributed by atoms with Crippen LogP contribution in [0.15, 0.2) is 0 Å². The molecule has 1 aliphatic heterocycles. The van der Waals surface area contributed by atoms with E-state index in [4.69, 9.17) is 0 Å². The van der Waals surface area contributed by atoms with Crippen molar-refractivity contribution < 1.29 is 0 Å². The highest BCUT2D eigenvalue weighted by Crippen LogP contribution is 2.16. The maximum atomic E-state index is 2.61. The Morgan fingerprint density at radius 2 is 2.23 bits per heavy atom. The van der Waals surface area contributed by atoms with E-state index in [-0.39, 0.29) is 0 Å². The fourth-order valence-electron chi connectivity index (χ4n) is 1.81. The van der Waals surface area contributed by atoms with E-state index in [1.807, 2.05) is 0 Å². The summed E-state index contributed by atoms with van der Waals surface area (Å²) in [4.78, 5) is 2.61. The maximum Gasteiger partial charge on any atom is 0.0212 e. The van der Waals surface area contributed by atoms with Crippen molar-refractivity contribution in [3.8, 4) is 0 Å². The van der Waals surface area contributed by atoms with Crippen LogP contribution < -0.4 is 0 Å². The lowest BCUT2D eigenvalue weighted by molar-refractivity contribution is 0.246. The molecule has 0 aromatic heterocycles. The Morgan fingerprint density at radius 1 is 1.54 bits per heavy atom. The van der Waals surface area contributed by atoms with Gasteiger partial charge in [-0.3, -0.25) is 4.90 Å². The summed E-state index contributed by atoms with van der Waals surface area (Å²) in [6, 6.07) is 1.48. The van der Waals surface area contributed by atoms with Crippen LogP contribution >= 0.6 is 22.9 Å². The molecule has 0 N–H and O–H groups in total. The molecule has 0 spiro atoms. The van der Waals surface area contributed by atoms with E-state index in [0.29, 0.717) is 6.04 Å².